The van der Waals surface area contributed by atoms with Gasteiger partial charge in [0.1, 0.15) is 17.1 Å². The molecule has 0 saturated heterocycles. The number of ether oxygens (including phenoxy) is 3. The molecule has 0 saturated carbocycles. The van der Waals surface area contributed by atoms with Gasteiger partial charge < -0.3 is 14.2 Å². The normalized spacial score (nSPS) is 17.1. The van der Waals surface area contributed by atoms with Crippen molar-refractivity contribution in [2.45, 2.75) is 53.1 Å². The molecule has 0 fully saturated rings. The van der Waals surface area contributed by atoms with Gasteiger partial charge in [-0.1, -0.05) is 24.3 Å². The molecule has 1 atom stereocenters. The molecule has 1 heterocycles. The highest BCUT2D eigenvalue weighted by atomic mass is 16.5. The highest BCUT2D eigenvalue weighted by Gasteiger charge is 2.45. The zero-order chi connectivity index (χ0) is 21.3. The molecule has 1 unspecified atom stereocenters. The Hall–Kier alpha value is -2.75. The lowest BCUT2D eigenvalue weighted by atomic mass is 9.78. The van der Waals surface area contributed by atoms with Crippen LogP contribution in [0.25, 0.3) is 6.08 Å². The van der Waals surface area contributed by atoms with Gasteiger partial charge in [0.15, 0.2) is 0 Å². The van der Waals surface area contributed by atoms with E-state index in [1.807, 2.05) is 12.1 Å². The van der Waals surface area contributed by atoms with Crippen LogP contribution >= 0.6 is 0 Å². The summed E-state index contributed by atoms with van der Waals surface area (Å²) in [4.78, 5) is 11.5. The van der Waals surface area contributed by atoms with Crippen molar-refractivity contribution in [1.82, 2.24) is 0 Å². The van der Waals surface area contributed by atoms with Crippen molar-refractivity contribution in [2.24, 2.45) is 0 Å². The van der Waals surface area contributed by atoms with Crippen LogP contribution in [0.4, 0.5) is 0 Å². The van der Waals surface area contributed by atoms with Gasteiger partial charge in [-0.15, -0.1) is 0 Å². The van der Waals surface area contributed by atoms with Crippen LogP contribution in [-0.2, 0) is 9.53 Å². The molecule has 0 spiro atoms. The summed E-state index contributed by atoms with van der Waals surface area (Å²) in [5, 5.41) is 0. The predicted octanol–water partition coefficient (Wildman–Crippen LogP) is 5.50. The second-order valence-corrected chi connectivity index (χ2v) is 8.04. The lowest BCUT2D eigenvalue weighted by Crippen LogP contribution is -2.31. The summed E-state index contributed by atoms with van der Waals surface area (Å²) in [6.45, 7) is 12.7. The van der Waals surface area contributed by atoms with Crippen LogP contribution in [0.3, 0.4) is 0 Å². The van der Waals surface area contributed by atoms with Crippen molar-refractivity contribution < 1.29 is 19.0 Å². The van der Waals surface area contributed by atoms with Gasteiger partial charge in [0, 0.05) is 11.6 Å². The Morgan fingerprint density at radius 1 is 1.10 bits per heavy atom. The maximum atomic E-state index is 11.5. The van der Waals surface area contributed by atoms with Gasteiger partial charge in [0.05, 0.1) is 19.6 Å². The molecule has 1 aliphatic rings. The Morgan fingerprint density at radius 2 is 1.76 bits per heavy atom. The molecular weight excluding hydrogens is 364 g/mol. The van der Waals surface area contributed by atoms with Crippen molar-refractivity contribution >= 4 is 12.0 Å². The molecule has 4 heteroatoms. The molecule has 2 aromatic carbocycles. The molecular formula is C25H30O4. The number of methoxy groups -OCH3 is 1. The minimum Gasteiger partial charge on any atom is -0.496 e. The van der Waals surface area contributed by atoms with Crippen molar-refractivity contribution in [3.63, 3.8) is 0 Å². The lowest BCUT2D eigenvalue weighted by Gasteiger charge is -2.27. The van der Waals surface area contributed by atoms with E-state index in [-0.39, 0.29) is 17.5 Å². The van der Waals surface area contributed by atoms with E-state index in [2.05, 4.69) is 46.8 Å². The third-order valence-corrected chi connectivity index (χ3v) is 5.75. The van der Waals surface area contributed by atoms with Gasteiger partial charge in [-0.25, -0.2) is 4.79 Å². The fourth-order valence-electron chi connectivity index (χ4n) is 4.29. The highest BCUT2D eigenvalue weighted by Crippen LogP contribution is 2.53. The first-order valence-electron chi connectivity index (χ1n) is 10.0. The summed E-state index contributed by atoms with van der Waals surface area (Å²) >= 11 is 0. The van der Waals surface area contributed by atoms with E-state index >= 15 is 0 Å². The Labute approximate surface area is 173 Å². The van der Waals surface area contributed by atoms with E-state index < -0.39 is 0 Å². The van der Waals surface area contributed by atoms with E-state index in [4.69, 9.17) is 14.2 Å². The van der Waals surface area contributed by atoms with Crippen LogP contribution in [0, 0.1) is 20.8 Å². The quantitative estimate of drug-likeness (QED) is 0.496. The van der Waals surface area contributed by atoms with Crippen LogP contribution in [0.1, 0.15) is 60.1 Å². The second-order valence-electron chi connectivity index (χ2n) is 8.04. The van der Waals surface area contributed by atoms with Crippen LogP contribution < -0.4 is 9.47 Å². The van der Waals surface area contributed by atoms with E-state index in [1.54, 1.807) is 20.1 Å². The lowest BCUT2D eigenvalue weighted by molar-refractivity contribution is -0.137. The SMILES string of the molecule is CCOC(=O)/C=C/c1ccc(C2c3c(C)c(OC)c(C)c(C)c3OC2(C)C)cc1. The van der Waals surface area contributed by atoms with E-state index in [1.165, 1.54) is 17.2 Å². The highest BCUT2D eigenvalue weighted by molar-refractivity contribution is 5.87. The first-order valence-corrected chi connectivity index (χ1v) is 10.0. The number of hydrogen-bond donors (Lipinski definition) is 0. The molecule has 4 nitrogen and oxygen atoms in total. The zero-order valence-electron chi connectivity index (χ0n) is 18.4. The van der Waals surface area contributed by atoms with E-state index in [0.717, 1.165) is 33.8 Å². The summed E-state index contributed by atoms with van der Waals surface area (Å²) in [5.41, 5.74) is 6.34. The number of benzene rings is 2. The topological polar surface area (TPSA) is 44.8 Å². The van der Waals surface area contributed by atoms with Gasteiger partial charge in [-0.3, -0.25) is 0 Å². The third kappa shape index (κ3) is 3.76. The van der Waals surface area contributed by atoms with Crippen LogP contribution in [-0.4, -0.2) is 25.3 Å². The number of carbonyl (C=O) groups excluding carboxylic acids is 1. The van der Waals surface area contributed by atoms with Crippen LogP contribution in [0.2, 0.25) is 0 Å². The number of carbonyl (C=O) groups is 1. The van der Waals surface area contributed by atoms with Gasteiger partial charge >= 0.3 is 5.97 Å². The molecule has 29 heavy (non-hydrogen) atoms. The fraction of sp³-hybridized carbons (Fsp3) is 0.400. The molecule has 0 bridgehead atoms. The second kappa shape index (κ2) is 7.94. The predicted molar refractivity (Wildman–Crippen MR) is 116 cm³/mol. The Morgan fingerprint density at radius 3 is 2.34 bits per heavy atom. The monoisotopic (exact) mass is 394 g/mol. The Balaban J connectivity index is 2.02. The molecule has 0 aromatic heterocycles. The minimum atomic E-state index is -0.376. The van der Waals surface area contributed by atoms with Crippen LogP contribution in [0.15, 0.2) is 30.3 Å². The molecule has 0 amide bonds. The molecule has 0 radical (unpaired) electrons. The summed E-state index contributed by atoms with van der Waals surface area (Å²) in [7, 11) is 1.72. The van der Waals surface area contributed by atoms with Crippen molar-refractivity contribution in [3.8, 4) is 11.5 Å². The van der Waals surface area contributed by atoms with Gasteiger partial charge in [-0.2, -0.15) is 0 Å². The first kappa shape index (κ1) is 21.0. The average molecular weight is 395 g/mol. The van der Waals surface area contributed by atoms with Gasteiger partial charge in [-0.05, 0) is 75.4 Å². The Kier molecular flexibility index (Phi) is 5.74. The average Bonchev–Trinajstić information content (AvgIpc) is 2.97. The van der Waals surface area contributed by atoms with Gasteiger partial charge in [0.25, 0.3) is 0 Å². The summed E-state index contributed by atoms with van der Waals surface area (Å²) in [6, 6.07) is 8.26. The number of fused-ring (bicyclic) bond motifs is 1. The third-order valence-electron chi connectivity index (χ3n) is 5.75. The fourth-order valence-corrected chi connectivity index (χ4v) is 4.29. The number of rotatable bonds is 5. The number of hydrogen-bond acceptors (Lipinski definition) is 4. The van der Waals surface area contributed by atoms with E-state index in [0.29, 0.717) is 6.61 Å². The molecule has 3 rings (SSSR count). The minimum absolute atomic E-state index is 0.0915. The molecule has 0 aliphatic carbocycles. The smallest absolute Gasteiger partial charge is 0.330 e. The van der Waals surface area contributed by atoms with E-state index in [9.17, 15) is 4.79 Å². The van der Waals surface area contributed by atoms with Crippen molar-refractivity contribution in [2.75, 3.05) is 13.7 Å². The molecule has 154 valence electrons. The van der Waals surface area contributed by atoms with Crippen LogP contribution in [0.5, 0.6) is 11.5 Å². The molecule has 1 aliphatic heterocycles. The largest absolute Gasteiger partial charge is 0.496 e. The summed E-state index contributed by atoms with van der Waals surface area (Å²) in [6.07, 6.45) is 3.23. The summed E-state index contributed by atoms with van der Waals surface area (Å²) < 4.78 is 17.1. The van der Waals surface area contributed by atoms with Crippen molar-refractivity contribution in [3.05, 3.63) is 63.7 Å². The molecule has 2 aromatic rings. The summed E-state index contributed by atoms with van der Waals surface area (Å²) in [5.74, 6) is 1.67. The standard InChI is InChI=1S/C25H30O4/c1-8-28-20(26)14-11-18-9-12-19(13-10-18)22-21-17(4)23(27-7)15(2)16(3)24(21)29-25(22,5)6/h9-14,22H,8H2,1-7H3/b14-11+. The maximum absolute atomic E-state index is 11.5. The van der Waals surface area contributed by atoms with Crippen molar-refractivity contribution in [1.29, 1.82) is 0 Å². The first-order chi connectivity index (χ1) is 13.7. The Bertz CT molecular complexity index is 952. The number of esters is 1. The zero-order valence-corrected chi connectivity index (χ0v) is 18.4. The maximum Gasteiger partial charge on any atom is 0.330 e. The molecule has 0 N–H and O–H groups in total. The van der Waals surface area contributed by atoms with Gasteiger partial charge in [0.2, 0.25) is 0 Å².